The lowest BCUT2D eigenvalue weighted by Gasteiger charge is -2.20. The largest absolute Gasteiger partial charge is 0.478 e. The van der Waals surface area contributed by atoms with Crippen molar-refractivity contribution in [1.29, 1.82) is 0 Å². The summed E-state index contributed by atoms with van der Waals surface area (Å²) in [4.78, 5) is 43.2. The Morgan fingerprint density at radius 1 is 1.38 bits per heavy atom. The molecule has 86 valence electrons. The van der Waals surface area contributed by atoms with Crippen molar-refractivity contribution in [2.24, 2.45) is 0 Å². The zero-order valence-corrected chi connectivity index (χ0v) is 8.23. The Morgan fingerprint density at radius 3 is 2.62 bits per heavy atom. The minimum atomic E-state index is -1.25. The molecule has 1 saturated heterocycles. The van der Waals surface area contributed by atoms with Crippen LogP contribution in [0.3, 0.4) is 0 Å². The number of carboxylic acid groups (broad SMARTS) is 1. The summed E-state index contributed by atoms with van der Waals surface area (Å²) in [6.07, 6.45) is 1.85. The number of aliphatic carboxylic acids is 1. The summed E-state index contributed by atoms with van der Waals surface area (Å²) in [6.45, 7) is 0. The molecule has 1 fully saturated rings. The Kier molecular flexibility index (Phi) is 3.76. The number of hydrogen-bond acceptors (Lipinski definition) is 4. The first-order valence-corrected chi connectivity index (χ1v) is 4.54. The van der Waals surface area contributed by atoms with Gasteiger partial charge in [-0.2, -0.15) is 0 Å². The number of rotatable bonds is 3. The lowest BCUT2D eigenvalue weighted by Crippen LogP contribution is -2.52. The lowest BCUT2D eigenvalue weighted by molar-refractivity contribution is -0.136. The summed E-state index contributed by atoms with van der Waals surface area (Å²) < 4.78 is 0. The van der Waals surface area contributed by atoms with Crippen LogP contribution >= 0.6 is 0 Å². The number of piperidine rings is 1. The highest BCUT2D eigenvalue weighted by Crippen LogP contribution is 2.03. The van der Waals surface area contributed by atoms with Crippen molar-refractivity contribution in [3.8, 4) is 0 Å². The SMILES string of the molecule is O=C(O)C=CC(=O)NC1CCC(=O)NC1=O. The van der Waals surface area contributed by atoms with Crippen molar-refractivity contribution in [3.63, 3.8) is 0 Å². The molecule has 0 saturated carbocycles. The second kappa shape index (κ2) is 5.06. The molecule has 0 aliphatic carbocycles. The van der Waals surface area contributed by atoms with Gasteiger partial charge in [0.1, 0.15) is 6.04 Å². The van der Waals surface area contributed by atoms with E-state index in [4.69, 9.17) is 5.11 Å². The predicted molar refractivity (Wildman–Crippen MR) is 51.1 cm³/mol. The van der Waals surface area contributed by atoms with E-state index in [9.17, 15) is 19.2 Å². The molecule has 1 atom stereocenters. The smallest absolute Gasteiger partial charge is 0.328 e. The normalized spacial score (nSPS) is 20.6. The molecule has 1 rings (SSSR count). The summed E-state index contributed by atoms with van der Waals surface area (Å²) in [6, 6.07) is -0.788. The number of carbonyl (C=O) groups excluding carboxylic acids is 3. The van der Waals surface area contributed by atoms with Crippen LogP contribution in [-0.2, 0) is 19.2 Å². The lowest BCUT2D eigenvalue weighted by atomic mass is 10.1. The predicted octanol–water partition coefficient (Wildman–Crippen LogP) is -1.45. The molecule has 0 bridgehead atoms. The molecule has 1 aliphatic rings. The van der Waals surface area contributed by atoms with Crippen molar-refractivity contribution in [2.75, 3.05) is 0 Å². The number of carbonyl (C=O) groups is 4. The third kappa shape index (κ3) is 3.52. The fourth-order valence-electron chi connectivity index (χ4n) is 1.20. The first-order chi connectivity index (χ1) is 7.49. The Hall–Kier alpha value is -2.18. The van der Waals surface area contributed by atoms with Gasteiger partial charge < -0.3 is 10.4 Å². The summed E-state index contributed by atoms with van der Waals surface area (Å²) >= 11 is 0. The van der Waals surface area contributed by atoms with Crippen LogP contribution in [0.25, 0.3) is 0 Å². The fraction of sp³-hybridized carbons (Fsp3) is 0.333. The van der Waals surface area contributed by atoms with E-state index in [1.54, 1.807) is 0 Å². The fourth-order valence-corrected chi connectivity index (χ4v) is 1.20. The molecule has 0 aromatic carbocycles. The molecule has 0 aromatic rings. The van der Waals surface area contributed by atoms with Gasteiger partial charge in [0.2, 0.25) is 17.7 Å². The topological polar surface area (TPSA) is 113 Å². The maximum atomic E-state index is 11.2. The van der Waals surface area contributed by atoms with Gasteiger partial charge in [0, 0.05) is 18.6 Å². The Labute approximate surface area is 90.5 Å². The molecule has 0 radical (unpaired) electrons. The standard InChI is InChI=1S/C9H10N2O5/c12-6(3-4-8(14)15)10-5-1-2-7(13)11-9(5)16/h3-5H,1-2H2,(H,10,12)(H,14,15)(H,11,13,16). The number of amides is 3. The van der Waals surface area contributed by atoms with Crippen LogP contribution in [0.5, 0.6) is 0 Å². The van der Waals surface area contributed by atoms with Crippen molar-refractivity contribution in [1.82, 2.24) is 10.6 Å². The zero-order valence-electron chi connectivity index (χ0n) is 8.23. The highest BCUT2D eigenvalue weighted by atomic mass is 16.4. The van der Waals surface area contributed by atoms with E-state index in [1.165, 1.54) is 0 Å². The molecule has 1 aliphatic heterocycles. The Balaban J connectivity index is 2.48. The van der Waals surface area contributed by atoms with Gasteiger partial charge in [0.25, 0.3) is 0 Å². The van der Waals surface area contributed by atoms with E-state index >= 15 is 0 Å². The van der Waals surface area contributed by atoms with E-state index < -0.39 is 23.8 Å². The quantitative estimate of drug-likeness (QED) is 0.402. The molecule has 1 unspecified atom stereocenters. The molecule has 16 heavy (non-hydrogen) atoms. The minimum Gasteiger partial charge on any atom is -0.478 e. The maximum Gasteiger partial charge on any atom is 0.328 e. The highest BCUT2D eigenvalue weighted by Gasteiger charge is 2.27. The molecular formula is C9H10N2O5. The van der Waals surface area contributed by atoms with E-state index in [2.05, 4.69) is 10.6 Å². The number of carboxylic acids is 1. The van der Waals surface area contributed by atoms with Crippen LogP contribution in [0.1, 0.15) is 12.8 Å². The van der Waals surface area contributed by atoms with Gasteiger partial charge in [-0.15, -0.1) is 0 Å². The monoisotopic (exact) mass is 226 g/mol. The second-order valence-electron chi connectivity index (χ2n) is 3.18. The summed E-state index contributed by atoms with van der Waals surface area (Å²) in [5.41, 5.74) is 0. The average molecular weight is 226 g/mol. The molecule has 7 nitrogen and oxygen atoms in total. The number of imide groups is 1. The van der Waals surface area contributed by atoms with Crippen LogP contribution in [0.15, 0.2) is 12.2 Å². The van der Waals surface area contributed by atoms with Gasteiger partial charge in [-0.05, 0) is 6.42 Å². The van der Waals surface area contributed by atoms with E-state index in [0.29, 0.717) is 6.08 Å². The summed E-state index contributed by atoms with van der Waals surface area (Å²) in [5, 5.41) is 12.6. The molecule has 0 aromatic heterocycles. The van der Waals surface area contributed by atoms with Gasteiger partial charge >= 0.3 is 5.97 Å². The zero-order chi connectivity index (χ0) is 12.1. The Morgan fingerprint density at radius 2 is 2.06 bits per heavy atom. The van der Waals surface area contributed by atoms with Gasteiger partial charge in [0.05, 0.1) is 0 Å². The summed E-state index contributed by atoms with van der Waals surface area (Å²) in [5.74, 6) is -2.89. The number of nitrogens with one attached hydrogen (secondary N) is 2. The summed E-state index contributed by atoms with van der Waals surface area (Å²) in [7, 11) is 0. The molecular weight excluding hydrogens is 216 g/mol. The van der Waals surface area contributed by atoms with Crippen LogP contribution in [-0.4, -0.2) is 34.8 Å². The van der Waals surface area contributed by atoms with Gasteiger partial charge in [-0.1, -0.05) is 0 Å². The molecule has 3 amide bonds. The number of hydrogen-bond donors (Lipinski definition) is 3. The van der Waals surface area contributed by atoms with Crippen LogP contribution in [0, 0.1) is 0 Å². The first-order valence-electron chi connectivity index (χ1n) is 4.54. The van der Waals surface area contributed by atoms with Crippen molar-refractivity contribution in [2.45, 2.75) is 18.9 Å². The van der Waals surface area contributed by atoms with Crippen LogP contribution < -0.4 is 10.6 Å². The van der Waals surface area contributed by atoms with Crippen molar-refractivity contribution >= 4 is 23.7 Å². The third-order valence-electron chi connectivity index (χ3n) is 1.93. The van der Waals surface area contributed by atoms with Gasteiger partial charge in [-0.25, -0.2) is 4.79 Å². The maximum absolute atomic E-state index is 11.2. The van der Waals surface area contributed by atoms with E-state index in [1.807, 2.05) is 0 Å². The minimum absolute atomic E-state index is 0.152. The van der Waals surface area contributed by atoms with Gasteiger partial charge in [-0.3, -0.25) is 19.7 Å². The van der Waals surface area contributed by atoms with Crippen LogP contribution in [0.4, 0.5) is 0 Å². The highest BCUT2D eigenvalue weighted by molar-refractivity contribution is 6.03. The van der Waals surface area contributed by atoms with Crippen molar-refractivity contribution < 1.29 is 24.3 Å². The molecule has 7 heteroatoms. The van der Waals surface area contributed by atoms with Gasteiger partial charge in [0.15, 0.2) is 0 Å². The average Bonchev–Trinajstić information content (AvgIpc) is 2.19. The second-order valence-corrected chi connectivity index (χ2v) is 3.18. The molecule has 3 N–H and O–H groups in total. The third-order valence-corrected chi connectivity index (χ3v) is 1.93. The first kappa shape index (κ1) is 11.9. The molecule has 1 heterocycles. The molecule has 0 spiro atoms. The van der Waals surface area contributed by atoms with E-state index in [-0.39, 0.29) is 18.7 Å². The Bertz CT molecular complexity index is 374. The van der Waals surface area contributed by atoms with Crippen LogP contribution in [0.2, 0.25) is 0 Å². The van der Waals surface area contributed by atoms with Crippen molar-refractivity contribution in [3.05, 3.63) is 12.2 Å². The van der Waals surface area contributed by atoms with E-state index in [0.717, 1.165) is 6.08 Å².